The van der Waals surface area contributed by atoms with E-state index >= 15 is 0 Å². The van der Waals surface area contributed by atoms with Crippen LogP contribution in [0.15, 0.2) is 53.6 Å². The number of hydrogen-bond acceptors (Lipinski definition) is 6. The molecule has 3 rings (SSSR count). The Morgan fingerprint density at radius 3 is 2.74 bits per heavy atom. The second-order valence-corrected chi connectivity index (χ2v) is 7.42. The average molecular weight is 421 g/mol. The number of para-hydroxylation sites is 1. The van der Waals surface area contributed by atoms with Gasteiger partial charge in [0.15, 0.2) is 23.9 Å². The first-order valence-electron chi connectivity index (χ1n) is 10.1. The van der Waals surface area contributed by atoms with E-state index in [-0.39, 0.29) is 18.4 Å². The van der Waals surface area contributed by atoms with Crippen LogP contribution < -0.4 is 14.8 Å². The number of carbonyl (C=O) groups excluding carboxylic acids is 1. The van der Waals surface area contributed by atoms with E-state index in [1.807, 2.05) is 57.2 Å². The van der Waals surface area contributed by atoms with Gasteiger partial charge >= 0.3 is 0 Å². The number of nitrogens with zero attached hydrogens (tertiary/aromatic N) is 2. The topological polar surface area (TPSA) is 86.5 Å². The number of methoxy groups -OCH3 is 1. The first-order chi connectivity index (χ1) is 14.9. The van der Waals surface area contributed by atoms with Gasteiger partial charge in [0.2, 0.25) is 0 Å². The van der Waals surface area contributed by atoms with Crippen LogP contribution >= 0.6 is 0 Å². The summed E-state index contributed by atoms with van der Waals surface area (Å²) in [7, 11) is 1.56. The SMILES string of the molecule is C=CCc1ccc(OCC(=O)Nc2c(C)cccc2-c2nc(C(C)C)no2)c(OC)c1. The minimum Gasteiger partial charge on any atom is -0.493 e. The van der Waals surface area contributed by atoms with Crippen molar-refractivity contribution >= 4 is 11.6 Å². The van der Waals surface area contributed by atoms with Crippen LogP contribution in [0.5, 0.6) is 11.5 Å². The lowest BCUT2D eigenvalue weighted by molar-refractivity contribution is -0.118. The molecule has 0 spiro atoms. The lowest BCUT2D eigenvalue weighted by Crippen LogP contribution is -2.21. The minimum absolute atomic E-state index is 0.140. The molecule has 0 aliphatic carbocycles. The molecule has 0 aliphatic rings. The second-order valence-electron chi connectivity index (χ2n) is 7.42. The number of aromatic nitrogens is 2. The van der Waals surface area contributed by atoms with Crippen molar-refractivity contribution in [2.45, 2.75) is 33.1 Å². The zero-order valence-corrected chi connectivity index (χ0v) is 18.3. The van der Waals surface area contributed by atoms with Crippen LogP contribution in [-0.2, 0) is 11.2 Å². The molecule has 0 bridgehead atoms. The van der Waals surface area contributed by atoms with Gasteiger partial charge in [0.25, 0.3) is 11.8 Å². The van der Waals surface area contributed by atoms with Crippen molar-refractivity contribution in [2.75, 3.05) is 19.0 Å². The van der Waals surface area contributed by atoms with Gasteiger partial charge in [-0.15, -0.1) is 6.58 Å². The van der Waals surface area contributed by atoms with Gasteiger partial charge in [0.1, 0.15) is 0 Å². The van der Waals surface area contributed by atoms with E-state index in [4.69, 9.17) is 14.0 Å². The molecule has 0 saturated carbocycles. The molecular weight excluding hydrogens is 394 g/mol. The number of anilines is 1. The summed E-state index contributed by atoms with van der Waals surface area (Å²) in [5.74, 6) is 1.87. The average Bonchev–Trinajstić information content (AvgIpc) is 3.25. The summed E-state index contributed by atoms with van der Waals surface area (Å²) in [4.78, 5) is 17.1. The molecule has 1 amide bonds. The Labute approximate surface area is 182 Å². The number of ether oxygens (including phenoxy) is 2. The fraction of sp³-hybridized carbons (Fsp3) is 0.292. The molecule has 1 N–H and O–H groups in total. The highest BCUT2D eigenvalue weighted by atomic mass is 16.5. The molecule has 0 unspecified atom stereocenters. The predicted molar refractivity (Wildman–Crippen MR) is 120 cm³/mol. The van der Waals surface area contributed by atoms with Crippen molar-refractivity contribution in [1.82, 2.24) is 10.1 Å². The van der Waals surface area contributed by atoms with E-state index in [1.54, 1.807) is 13.2 Å². The standard InChI is InChI=1S/C24H27N3O4/c1-6-8-17-11-12-19(20(13-17)29-5)30-14-21(28)25-22-16(4)9-7-10-18(22)24-26-23(15(2)3)27-31-24/h6-7,9-13,15H,1,8,14H2,2-5H3,(H,25,28). The molecule has 1 aromatic heterocycles. The fourth-order valence-electron chi connectivity index (χ4n) is 3.03. The molecule has 1 heterocycles. The van der Waals surface area contributed by atoms with Gasteiger partial charge in [-0.1, -0.05) is 43.3 Å². The Balaban J connectivity index is 1.74. The van der Waals surface area contributed by atoms with E-state index in [9.17, 15) is 4.79 Å². The number of nitrogens with one attached hydrogen (secondary N) is 1. The highest BCUT2D eigenvalue weighted by molar-refractivity contribution is 5.96. The highest BCUT2D eigenvalue weighted by Gasteiger charge is 2.18. The number of rotatable bonds is 9. The van der Waals surface area contributed by atoms with E-state index in [2.05, 4.69) is 22.0 Å². The van der Waals surface area contributed by atoms with E-state index in [0.717, 1.165) is 17.5 Å². The third kappa shape index (κ3) is 5.31. The van der Waals surface area contributed by atoms with E-state index in [1.165, 1.54) is 0 Å². The maximum Gasteiger partial charge on any atom is 0.262 e. The van der Waals surface area contributed by atoms with Crippen molar-refractivity contribution in [3.05, 3.63) is 66.0 Å². The zero-order chi connectivity index (χ0) is 22.4. The minimum atomic E-state index is -0.309. The molecule has 31 heavy (non-hydrogen) atoms. The highest BCUT2D eigenvalue weighted by Crippen LogP contribution is 2.31. The summed E-state index contributed by atoms with van der Waals surface area (Å²) in [5, 5.41) is 6.92. The van der Waals surface area contributed by atoms with Gasteiger partial charge in [-0.3, -0.25) is 4.79 Å². The molecule has 7 heteroatoms. The molecule has 162 valence electrons. The smallest absolute Gasteiger partial charge is 0.262 e. The monoisotopic (exact) mass is 421 g/mol. The predicted octanol–water partition coefficient (Wildman–Crippen LogP) is 4.92. The van der Waals surface area contributed by atoms with Crippen LogP contribution in [-0.4, -0.2) is 29.8 Å². The van der Waals surface area contributed by atoms with Gasteiger partial charge in [-0.25, -0.2) is 0 Å². The molecular formula is C24H27N3O4. The number of allylic oxidation sites excluding steroid dienone is 1. The molecule has 0 saturated heterocycles. The number of carbonyl (C=O) groups is 1. The molecule has 0 atom stereocenters. The van der Waals surface area contributed by atoms with Crippen molar-refractivity contribution in [2.24, 2.45) is 0 Å². The molecule has 0 fully saturated rings. The zero-order valence-electron chi connectivity index (χ0n) is 18.3. The number of hydrogen-bond donors (Lipinski definition) is 1. The van der Waals surface area contributed by atoms with Crippen LogP contribution in [0.2, 0.25) is 0 Å². The third-order valence-electron chi connectivity index (χ3n) is 4.69. The second kappa shape index (κ2) is 9.93. The van der Waals surface area contributed by atoms with Crippen LogP contribution in [0.25, 0.3) is 11.5 Å². The van der Waals surface area contributed by atoms with Gasteiger partial charge in [-0.05, 0) is 42.7 Å². The van der Waals surface area contributed by atoms with Crippen LogP contribution in [0.1, 0.15) is 36.7 Å². The molecule has 7 nitrogen and oxygen atoms in total. The van der Waals surface area contributed by atoms with E-state index < -0.39 is 0 Å². The molecule has 0 aliphatic heterocycles. The molecule has 0 radical (unpaired) electrons. The molecule has 3 aromatic rings. The maximum absolute atomic E-state index is 12.6. The first kappa shape index (κ1) is 22.1. The van der Waals surface area contributed by atoms with Gasteiger partial charge in [0.05, 0.1) is 18.4 Å². The number of benzene rings is 2. The Morgan fingerprint density at radius 2 is 2.06 bits per heavy atom. The van der Waals surface area contributed by atoms with Crippen molar-refractivity contribution in [3.8, 4) is 23.0 Å². The van der Waals surface area contributed by atoms with E-state index in [0.29, 0.717) is 34.5 Å². The van der Waals surface area contributed by atoms with Gasteiger partial charge in [-0.2, -0.15) is 4.98 Å². The lowest BCUT2D eigenvalue weighted by atomic mass is 10.1. The van der Waals surface area contributed by atoms with Crippen molar-refractivity contribution in [3.63, 3.8) is 0 Å². The van der Waals surface area contributed by atoms with Gasteiger partial charge < -0.3 is 19.3 Å². The normalized spacial score (nSPS) is 10.7. The number of aryl methyl sites for hydroxylation is 1. The van der Waals surface area contributed by atoms with Gasteiger partial charge in [0, 0.05) is 5.92 Å². The Bertz CT molecular complexity index is 1070. The Hall–Kier alpha value is -3.61. The summed E-state index contributed by atoms with van der Waals surface area (Å²) in [6.45, 7) is 9.45. The molecule has 2 aromatic carbocycles. The summed E-state index contributed by atoms with van der Waals surface area (Å²) >= 11 is 0. The largest absolute Gasteiger partial charge is 0.493 e. The number of amides is 1. The van der Waals surface area contributed by atoms with Crippen molar-refractivity contribution in [1.29, 1.82) is 0 Å². The summed E-state index contributed by atoms with van der Waals surface area (Å²) < 4.78 is 16.5. The maximum atomic E-state index is 12.6. The summed E-state index contributed by atoms with van der Waals surface area (Å²) in [5.41, 5.74) is 3.21. The fourth-order valence-corrected chi connectivity index (χ4v) is 3.03. The summed E-state index contributed by atoms with van der Waals surface area (Å²) in [6, 6.07) is 11.2. The van der Waals surface area contributed by atoms with Crippen LogP contribution in [0.3, 0.4) is 0 Å². The van der Waals surface area contributed by atoms with Crippen LogP contribution in [0, 0.1) is 6.92 Å². The van der Waals surface area contributed by atoms with Crippen LogP contribution in [0.4, 0.5) is 5.69 Å². The third-order valence-corrected chi connectivity index (χ3v) is 4.69. The summed E-state index contributed by atoms with van der Waals surface area (Å²) in [6.07, 6.45) is 2.54. The Kier molecular flexibility index (Phi) is 7.07. The lowest BCUT2D eigenvalue weighted by Gasteiger charge is -2.14. The van der Waals surface area contributed by atoms with Crippen molar-refractivity contribution < 1.29 is 18.8 Å². The quantitative estimate of drug-likeness (QED) is 0.493. The Morgan fingerprint density at radius 1 is 1.26 bits per heavy atom. The first-order valence-corrected chi connectivity index (χ1v) is 10.1.